The molecule has 2 rings (SSSR count). The summed E-state index contributed by atoms with van der Waals surface area (Å²) in [7, 11) is 1.09. The van der Waals surface area contributed by atoms with Crippen molar-refractivity contribution in [3.8, 4) is 0 Å². The maximum Gasteiger partial charge on any atom is 0.353 e. The van der Waals surface area contributed by atoms with Gasteiger partial charge >= 0.3 is 11.9 Å². The molecule has 2 aromatic carbocycles. The van der Waals surface area contributed by atoms with E-state index < -0.39 is 34.9 Å². The van der Waals surface area contributed by atoms with Crippen molar-refractivity contribution in [2.24, 2.45) is 0 Å². The molecular weight excluding hydrogens is 399 g/mol. The lowest BCUT2D eigenvalue weighted by Gasteiger charge is -2.31. The van der Waals surface area contributed by atoms with Gasteiger partial charge in [-0.1, -0.05) is 60.6 Å². The summed E-state index contributed by atoms with van der Waals surface area (Å²) >= 11 is 5.90. The fraction of sp³-hybridized carbons (Fsp3) is 0.227. The topological polar surface area (TPSA) is 69.7 Å². The minimum absolute atomic E-state index is 0.0558. The van der Waals surface area contributed by atoms with Crippen LogP contribution in [-0.2, 0) is 19.1 Å². The third kappa shape index (κ3) is 4.54. The van der Waals surface area contributed by atoms with E-state index in [2.05, 4.69) is 11.3 Å². The molecule has 0 aliphatic heterocycles. The van der Waals surface area contributed by atoms with E-state index in [0.29, 0.717) is 5.02 Å². The maximum absolute atomic E-state index is 16.5. The van der Waals surface area contributed by atoms with Gasteiger partial charge in [-0.3, -0.25) is 4.79 Å². The van der Waals surface area contributed by atoms with Gasteiger partial charge in [-0.25, -0.2) is 14.0 Å². The molecule has 0 aliphatic rings. The molecule has 0 fully saturated rings. The molecule has 0 aliphatic carbocycles. The van der Waals surface area contributed by atoms with Crippen molar-refractivity contribution in [3.63, 3.8) is 0 Å². The third-order valence-corrected chi connectivity index (χ3v) is 4.59. The standard InChI is InChI=1S/C22H20ClFO5/c1-4-29-21(27)22(24,19(25)16-8-6-5-7-9-16)18(14(2)20(26)28-3)15-10-12-17(23)13-11-15/h5-13,18H,2,4H2,1,3H3. The normalized spacial score (nSPS) is 13.7. The largest absolute Gasteiger partial charge is 0.466 e. The smallest absolute Gasteiger partial charge is 0.353 e. The molecule has 0 aromatic heterocycles. The van der Waals surface area contributed by atoms with E-state index in [0.717, 1.165) is 7.11 Å². The van der Waals surface area contributed by atoms with Crippen molar-refractivity contribution < 1.29 is 28.2 Å². The minimum atomic E-state index is -3.25. The van der Waals surface area contributed by atoms with Crippen LogP contribution in [0.1, 0.15) is 28.8 Å². The van der Waals surface area contributed by atoms with Crippen molar-refractivity contribution in [2.45, 2.75) is 18.5 Å². The molecule has 2 aromatic rings. The minimum Gasteiger partial charge on any atom is -0.466 e. The van der Waals surface area contributed by atoms with E-state index in [4.69, 9.17) is 16.3 Å². The highest BCUT2D eigenvalue weighted by Gasteiger charge is 2.57. The van der Waals surface area contributed by atoms with E-state index in [1.165, 1.54) is 55.5 Å². The molecular formula is C22H20ClFO5. The summed E-state index contributed by atoms with van der Waals surface area (Å²) in [5, 5.41) is 0.353. The lowest BCUT2D eigenvalue weighted by molar-refractivity contribution is -0.155. The number of benzene rings is 2. The van der Waals surface area contributed by atoms with Gasteiger partial charge in [0.1, 0.15) is 0 Å². The quantitative estimate of drug-likeness (QED) is 0.276. The van der Waals surface area contributed by atoms with Crippen molar-refractivity contribution >= 4 is 29.3 Å². The molecule has 0 heterocycles. The Kier molecular flexibility index (Phi) is 7.29. The van der Waals surface area contributed by atoms with Crippen LogP contribution in [0.4, 0.5) is 4.39 Å². The highest BCUT2D eigenvalue weighted by atomic mass is 35.5. The Morgan fingerprint density at radius 2 is 1.69 bits per heavy atom. The second kappa shape index (κ2) is 9.47. The van der Waals surface area contributed by atoms with Crippen LogP contribution in [0.5, 0.6) is 0 Å². The van der Waals surface area contributed by atoms with Gasteiger partial charge in [0.25, 0.3) is 5.67 Å². The molecule has 2 atom stereocenters. The number of halogens is 2. The highest BCUT2D eigenvalue weighted by Crippen LogP contribution is 2.41. The lowest BCUT2D eigenvalue weighted by Crippen LogP contribution is -2.50. The van der Waals surface area contributed by atoms with Gasteiger partial charge in [-0.15, -0.1) is 0 Å². The molecule has 0 spiro atoms. The molecule has 0 bridgehead atoms. The Morgan fingerprint density at radius 3 is 2.21 bits per heavy atom. The summed E-state index contributed by atoms with van der Waals surface area (Å²) in [5.74, 6) is -5.21. The van der Waals surface area contributed by atoms with E-state index in [1.54, 1.807) is 6.07 Å². The fourth-order valence-electron chi connectivity index (χ4n) is 2.95. The van der Waals surface area contributed by atoms with Gasteiger partial charge in [0.15, 0.2) is 0 Å². The summed E-state index contributed by atoms with van der Waals surface area (Å²) in [6, 6.07) is 13.2. The molecule has 0 amide bonds. The molecule has 0 N–H and O–H groups in total. The number of ether oxygens (including phenoxy) is 2. The molecule has 2 unspecified atom stereocenters. The van der Waals surface area contributed by atoms with Crippen molar-refractivity contribution in [3.05, 3.63) is 82.9 Å². The van der Waals surface area contributed by atoms with Gasteiger partial charge in [0.2, 0.25) is 5.78 Å². The number of esters is 2. The zero-order valence-corrected chi connectivity index (χ0v) is 16.7. The van der Waals surface area contributed by atoms with Gasteiger partial charge in [0.05, 0.1) is 19.6 Å². The fourth-order valence-corrected chi connectivity index (χ4v) is 3.08. The molecule has 0 radical (unpaired) electrons. The van der Waals surface area contributed by atoms with Crippen LogP contribution in [-0.4, -0.2) is 37.1 Å². The number of methoxy groups -OCH3 is 1. The lowest BCUT2D eigenvalue weighted by atomic mass is 9.74. The molecule has 0 saturated carbocycles. The number of Topliss-reactive ketones (excluding diaryl/α,β-unsaturated/α-hetero) is 1. The SMILES string of the molecule is C=C(C(=O)OC)C(c1ccc(Cl)cc1)C(F)(C(=O)OCC)C(=O)c1ccccc1. The number of carbonyl (C=O) groups is 3. The zero-order valence-electron chi connectivity index (χ0n) is 16.0. The average molecular weight is 419 g/mol. The van der Waals surface area contributed by atoms with Gasteiger partial charge < -0.3 is 9.47 Å². The molecule has 7 heteroatoms. The Balaban J connectivity index is 2.73. The zero-order chi connectivity index (χ0) is 21.6. The summed E-state index contributed by atoms with van der Waals surface area (Å²) in [5.41, 5.74) is -3.57. The number of rotatable bonds is 8. The summed E-state index contributed by atoms with van der Waals surface area (Å²) in [6.07, 6.45) is 0. The van der Waals surface area contributed by atoms with E-state index >= 15 is 4.39 Å². The van der Waals surface area contributed by atoms with E-state index in [-0.39, 0.29) is 17.7 Å². The summed E-state index contributed by atoms with van der Waals surface area (Å²) < 4.78 is 26.1. The van der Waals surface area contributed by atoms with Crippen LogP contribution in [0, 0.1) is 0 Å². The summed E-state index contributed by atoms with van der Waals surface area (Å²) in [4.78, 5) is 38.1. The first-order valence-electron chi connectivity index (χ1n) is 8.75. The van der Waals surface area contributed by atoms with Crippen molar-refractivity contribution in [1.29, 1.82) is 0 Å². The third-order valence-electron chi connectivity index (χ3n) is 4.34. The van der Waals surface area contributed by atoms with Crippen LogP contribution in [0.3, 0.4) is 0 Å². The Morgan fingerprint density at radius 1 is 1.10 bits per heavy atom. The number of ketones is 1. The Bertz CT molecular complexity index is 911. The van der Waals surface area contributed by atoms with Gasteiger partial charge in [-0.05, 0) is 24.6 Å². The first kappa shape index (κ1) is 22.3. The molecule has 29 heavy (non-hydrogen) atoms. The van der Waals surface area contributed by atoms with Crippen LogP contribution < -0.4 is 0 Å². The Labute approximate surface area is 173 Å². The molecule has 0 saturated heterocycles. The van der Waals surface area contributed by atoms with E-state index in [9.17, 15) is 14.4 Å². The van der Waals surface area contributed by atoms with Gasteiger partial charge in [0, 0.05) is 16.2 Å². The highest BCUT2D eigenvalue weighted by molar-refractivity contribution is 6.30. The van der Waals surface area contributed by atoms with Crippen LogP contribution in [0.15, 0.2) is 66.7 Å². The van der Waals surface area contributed by atoms with Crippen molar-refractivity contribution in [1.82, 2.24) is 0 Å². The van der Waals surface area contributed by atoms with Crippen LogP contribution in [0.25, 0.3) is 0 Å². The first-order valence-corrected chi connectivity index (χ1v) is 9.13. The predicted octanol–water partition coefficient (Wildman–Crippen LogP) is 4.31. The molecule has 5 nitrogen and oxygen atoms in total. The predicted molar refractivity (Wildman–Crippen MR) is 107 cm³/mol. The number of hydrogen-bond donors (Lipinski definition) is 0. The van der Waals surface area contributed by atoms with Crippen LogP contribution in [0.2, 0.25) is 5.02 Å². The number of hydrogen-bond acceptors (Lipinski definition) is 5. The van der Waals surface area contributed by atoms with Crippen molar-refractivity contribution in [2.75, 3.05) is 13.7 Å². The second-order valence-electron chi connectivity index (χ2n) is 6.13. The first-order chi connectivity index (χ1) is 13.8. The summed E-state index contributed by atoms with van der Waals surface area (Å²) in [6.45, 7) is 4.92. The monoisotopic (exact) mass is 418 g/mol. The van der Waals surface area contributed by atoms with E-state index in [1.807, 2.05) is 0 Å². The number of carbonyl (C=O) groups excluding carboxylic acids is 3. The average Bonchev–Trinajstić information content (AvgIpc) is 2.74. The maximum atomic E-state index is 16.5. The number of alkyl halides is 1. The molecule has 152 valence electrons. The van der Waals surface area contributed by atoms with Crippen LogP contribution >= 0.6 is 11.6 Å². The Hall–Kier alpha value is -2.99. The second-order valence-corrected chi connectivity index (χ2v) is 6.57. The van der Waals surface area contributed by atoms with Gasteiger partial charge in [-0.2, -0.15) is 0 Å².